The predicted octanol–water partition coefficient (Wildman–Crippen LogP) is 3.16. The fourth-order valence-corrected chi connectivity index (χ4v) is 2.90. The van der Waals surface area contributed by atoms with Crippen LogP contribution in [0.1, 0.15) is 30.8 Å². The summed E-state index contributed by atoms with van der Waals surface area (Å²) < 4.78 is 1.76. The lowest BCUT2D eigenvalue weighted by Crippen LogP contribution is -2.39. The van der Waals surface area contributed by atoms with E-state index in [0.717, 1.165) is 10.9 Å². The SMILES string of the molecule is CC(C)N(CCC(=O)O)C(=O)c1c(Cl)c2ccccc2n1C. The number of benzene rings is 1. The number of hydrogen-bond donors (Lipinski definition) is 1. The van der Waals surface area contributed by atoms with Crippen molar-refractivity contribution in [1.82, 2.24) is 9.47 Å². The van der Waals surface area contributed by atoms with E-state index in [1.807, 2.05) is 38.1 Å². The Kier molecular flexibility index (Phi) is 4.76. The summed E-state index contributed by atoms with van der Waals surface area (Å²) in [5.41, 5.74) is 1.26. The van der Waals surface area contributed by atoms with Gasteiger partial charge in [-0.15, -0.1) is 0 Å². The van der Waals surface area contributed by atoms with Crippen molar-refractivity contribution in [3.63, 3.8) is 0 Å². The van der Waals surface area contributed by atoms with Gasteiger partial charge in [0.15, 0.2) is 0 Å². The summed E-state index contributed by atoms with van der Waals surface area (Å²) in [5, 5.41) is 10.1. The monoisotopic (exact) mass is 322 g/mol. The molecule has 2 rings (SSSR count). The molecular formula is C16H19ClN2O3. The number of rotatable bonds is 5. The zero-order valence-corrected chi connectivity index (χ0v) is 13.6. The summed E-state index contributed by atoms with van der Waals surface area (Å²) in [6.45, 7) is 3.87. The minimum Gasteiger partial charge on any atom is -0.481 e. The Morgan fingerprint density at radius 1 is 1.32 bits per heavy atom. The van der Waals surface area contributed by atoms with E-state index in [-0.39, 0.29) is 24.9 Å². The van der Waals surface area contributed by atoms with Crippen LogP contribution >= 0.6 is 11.6 Å². The number of hydrogen-bond acceptors (Lipinski definition) is 2. The number of carbonyl (C=O) groups is 2. The van der Waals surface area contributed by atoms with Gasteiger partial charge in [-0.1, -0.05) is 29.8 Å². The van der Waals surface area contributed by atoms with Gasteiger partial charge >= 0.3 is 5.97 Å². The molecule has 22 heavy (non-hydrogen) atoms. The number of aromatic nitrogens is 1. The maximum Gasteiger partial charge on any atom is 0.305 e. The van der Waals surface area contributed by atoms with E-state index in [4.69, 9.17) is 16.7 Å². The van der Waals surface area contributed by atoms with Crippen molar-refractivity contribution in [2.24, 2.45) is 7.05 Å². The Hall–Kier alpha value is -2.01. The quantitative estimate of drug-likeness (QED) is 0.919. The van der Waals surface area contributed by atoms with Crippen molar-refractivity contribution in [3.8, 4) is 0 Å². The lowest BCUT2D eigenvalue weighted by atomic mass is 10.2. The molecule has 0 saturated carbocycles. The molecule has 1 heterocycles. The van der Waals surface area contributed by atoms with E-state index in [0.29, 0.717) is 10.7 Å². The minimum absolute atomic E-state index is 0.0918. The molecule has 1 N–H and O–H groups in total. The normalized spacial score (nSPS) is 11.1. The van der Waals surface area contributed by atoms with Crippen molar-refractivity contribution in [2.45, 2.75) is 26.3 Å². The molecule has 0 saturated heterocycles. The van der Waals surface area contributed by atoms with Gasteiger partial charge in [0, 0.05) is 30.5 Å². The molecule has 118 valence electrons. The summed E-state index contributed by atoms with van der Waals surface area (Å²) in [4.78, 5) is 25.2. The number of carboxylic acid groups (broad SMARTS) is 1. The highest BCUT2D eigenvalue weighted by atomic mass is 35.5. The van der Waals surface area contributed by atoms with Crippen LogP contribution in [0, 0.1) is 0 Å². The number of para-hydroxylation sites is 1. The largest absolute Gasteiger partial charge is 0.481 e. The van der Waals surface area contributed by atoms with E-state index >= 15 is 0 Å². The molecule has 0 atom stereocenters. The smallest absolute Gasteiger partial charge is 0.305 e. The van der Waals surface area contributed by atoms with Gasteiger partial charge in [-0.05, 0) is 19.9 Å². The molecule has 0 radical (unpaired) electrons. The third-order valence-corrected chi connectivity index (χ3v) is 4.08. The van der Waals surface area contributed by atoms with Crippen LogP contribution in [0.15, 0.2) is 24.3 Å². The van der Waals surface area contributed by atoms with Gasteiger partial charge in [-0.2, -0.15) is 0 Å². The van der Waals surface area contributed by atoms with Crippen LogP contribution in [0.4, 0.5) is 0 Å². The zero-order valence-electron chi connectivity index (χ0n) is 12.8. The van der Waals surface area contributed by atoms with Crippen molar-refractivity contribution < 1.29 is 14.7 Å². The lowest BCUT2D eigenvalue weighted by Gasteiger charge is -2.26. The predicted molar refractivity (Wildman–Crippen MR) is 86.4 cm³/mol. The average Bonchev–Trinajstić information content (AvgIpc) is 2.71. The summed E-state index contributed by atoms with van der Waals surface area (Å²) in [6, 6.07) is 7.41. The van der Waals surface area contributed by atoms with Crippen molar-refractivity contribution >= 4 is 34.4 Å². The van der Waals surface area contributed by atoms with Crippen LogP contribution in [-0.4, -0.2) is 39.0 Å². The Morgan fingerprint density at radius 2 is 1.95 bits per heavy atom. The second kappa shape index (κ2) is 6.40. The minimum atomic E-state index is -0.929. The van der Waals surface area contributed by atoms with Crippen LogP contribution in [-0.2, 0) is 11.8 Å². The number of amides is 1. The van der Waals surface area contributed by atoms with Gasteiger partial charge in [0.2, 0.25) is 0 Å². The van der Waals surface area contributed by atoms with E-state index < -0.39 is 5.97 Å². The molecule has 0 bridgehead atoms. The molecule has 0 unspecified atom stereocenters. The number of halogens is 1. The first kappa shape index (κ1) is 16.4. The van der Waals surface area contributed by atoms with Gasteiger partial charge in [0.25, 0.3) is 5.91 Å². The number of aryl methyl sites for hydroxylation is 1. The Labute approximate surface area is 134 Å². The van der Waals surface area contributed by atoms with Gasteiger partial charge in [-0.3, -0.25) is 9.59 Å². The maximum atomic E-state index is 12.8. The van der Waals surface area contributed by atoms with Crippen molar-refractivity contribution in [2.75, 3.05) is 6.54 Å². The Balaban J connectivity index is 2.45. The molecule has 1 aromatic heterocycles. The summed E-state index contributed by atoms with van der Waals surface area (Å²) in [6.07, 6.45) is -0.0918. The third kappa shape index (κ3) is 2.95. The van der Waals surface area contributed by atoms with E-state index in [2.05, 4.69) is 0 Å². The molecule has 0 spiro atoms. The van der Waals surface area contributed by atoms with Crippen molar-refractivity contribution in [3.05, 3.63) is 35.0 Å². The van der Waals surface area contributed by atoms with Crippen LogP contribution in [0.3, 0.4) is 0 Å². The number of carbonyl (C=O) groups excluding carboxylic acids is 1. The van der Waals surface area contributed by atoms with Gasteiger partial charge in [-0.25, -0.2) is 0 Å². The summed E-state index contributed by atoms with van der Waals surface area (Å²) >= 11 is 6.38. The van der Waals surface area contributed by atoms with Gasteiger partial charge in [0.05, 0.1) is 11.4 Å². The first-order valence-electron chi connectivity index (χ1n) is 7.10. The number of fused-ring (bicyclic) bond motifs is 1. The molecule has 0 fully saturated rings. The van der Waals surface area contributed by atoms with Crippen LogP contribution in [0.25, 0.3) is 10.9 Å². The average molecular weight is 323 g/mol. The number of nitrogens with zero attached hydrogens (tertiary/aromatic N) is 2. The first-order valence-corrected chi connectivity index (χ1v) is 7.48. The molecule has 0 aliphatic rings. The van der Waals surface area contributed by atoms with E-state index in [1.54, 1.807) is 11.6 Å². The van der Waals surface area contributed by atoms with Crippen LogP contribution < -0.4 is 0 Å². The summed E-state index contributed by atoms with van der Waals surface area (Å²) in [7, 11) is 1.79. The van der Waals surface area contributed by atoms with Crippen LogP contribution in [0.2, 0.25) is 5.02 Å². The fraction of sp³-hybridized carbons (Fsp3) is 0.375. The van der Waals surface area contributed by atoms with Gasteiger partial charge in [0.1, 0.15) is 5.69 Å². The second-order valence-electron chi connectivity index (χ2n) is 5.47. The molecule has 0 aliphatic carbocycles. The molecular weight excluding hydrogens is 304 g/mol. The fourth-order valence-electron chi connectivity index (χ4n) is 2.53. The first-order chi connectivity index (χ1) is 10.3. The zero-order chi connectivity index (χ0) is 16.4. The Bertz CT molecular complexity index is 682. The molecule has 1 amide bonds. The topological polar surface area (TPSA) is 62.5 Å². The standard InChI is InChI=1S/C16H19ClN2O3/c1-10(2)19(9-8-13(20)21)16(22)15-14(17)11-6-4-5-7-12(11)18(15)3/h4-7,10H,8-9H2,1-3H3,(H,20,21). The summed E-state index contributed by atoms with van der Waals surface area (Å²) in [5.74, 6) is -1.18. The molecule has 5 nitrogen and oxygen atoms in total. The number of carboxylic acids is 1. The van der Waals surface area contributed by atoms with E-state index in [9.17, 15) is 9.59 Å². The third-order valence-electron chi connectivity index (χ3n) is 3.70. The van der Waals surface area contributed by atoms with E-state index in [1.165, 1.54) is 4.90 Å². The molecule has 2 aromatic rings. The highest BCUT2D eigenvalue weighted by Gasteiger charge is 2.26. The highest BCUT2D eigenvalue weighted by molar-refractivity contribution is 6.38. The van der Waals surface area contributed by atoms with Gasteiger partial charge < -0.3 is 14.6 Å². The van der Waals surface area contributed by atoms with Crippen molar-refractivity contribution in [1.29, 1.82) is 0 Å². The molecule has 0 aliphatic heterocycles. The second-order valence-corrected chi connectivity index (χ2v) is 5.85. The maximum absolute atomic E-state index is 12.8. The molecule has 1 aromatic carbocycles. The Morgan fingerprint density at radius 3 is 2.50 bits per heavy atom. The molecule has 6 heteroatoms. The lowest BCUT2D eigenvalue weighted by molar-refractivity contribution is -0.137. The van der Waals surface area contributed by atoms with Crippen LogP contribution in [0.5, 0.6) is 0 Å². The number of aliphatic carboxylic acids is 1. The highest BCUT2D eigenvalue weighted by Crippen LogP contribution is 2.31.